The number of rotatable bonds is 8. The number of ketones is 1. The molecule has 0 aromatic heterocycles. The lowest BCUT2D eigenvalue weighted by atomic mass is 9.80. The molecule has 1 aromatic rings. The van der Waals surface area contributed by atoms with Crippen molar-refractivity contribution in [3.05, 3.63) is 29.6 Å². The molecule has 0 unspecified atom stereocenters. The Morgan fingerprint density at radius 2 is 1.79 bits per heavy atom. The molecule has 7 heteroatoms. The summed E-state index contributed by atoms with van der Waals surface area (Å²) in [5, 5.41) is 2.97. The van der Waals surface area contributed by atoms with Gasteiger partial charge < -0.3 is 10.2 Å². The van der Waals surface area contributed by atoms with Crippen LogP contribution in [0.4, 0.5) is 4.39 Å². The van der Waals surface area contributed by atoms with Gasteiger partial charge in [-0.05, 0) is 45.7 Å². The van der Waals surface area contributed by atoms with E-state index in [2.05, 4.69) is 5.32 Å². The van der Waals surface area contributed by atoms with Crippen molar-refractivity contribution < 1.29 is 18.8 Å². The zero-order valence-corrected chi connectivity index (χ0v) is 17.7. The maximum Gasteiger partial charge on any atom is 0.248 e. The quantitative estimate of drug-likeness (QED) is 0.525. The Balaban J connectivity index is 2.06. The number of carbonyl (C=O) groups excluding carboxylic acids is 3. The smallest absolute Gasteiger partial charge is 0.248 e. The molecule has 5 nitrogen and oxygen atoms in total. The summed E-state index contributed by atoms with van der Waals surface area (Å²) in [6.07, 6.45) is 4.15. The minimum atomic E-state index is -0.848. The van der Waals surface area contributed by atoms with Crippen LogP contribution in [0.25, 0.3) is 0 Å². The molecule has 0 bridgehead atoms. The zero-order valence-electron chi connectivity index (χ0n) is 16.8. The molecule has 1 aliphatic carbocycles. The van der Waals surface area contributed by atoms with Crippen molar-refractivity contribution in [1.82, 2.24) is 10.2 Å². The molecule has 154 valence electrons. The molecule has 1 aliphatic rings. The summed E-state index contributed by atoms with van der Waals surface area (Å²) in [4.78, 5) is 39.1. The molecule has 1 fully saturated rings. The predicted octanol–water partition coefficient (Wildman–Crippen LogP) is 3.81. The van der Waals surface area contributed by atoms with Crippen molar-refractivity contribution in [3.8, 4) is 0 Å². The van der Waals surface area contributed by atoms with Crippen LogP contribution in [0.2, 0.25) is 0 Å². The Kier molecular flexibility index (Phi) is 8.04. The fourth-order valence-corrected chi connectivity index (χ4v) is 4.36. The molecule has 1 saturated carbocycles. The van der Waals surface area contributed by atoms with Gasteiger partial charge in [-0.3, -0.25) is 14.4 Å². The van der Waals surface area contributed by atoms with Crippen molar-refractivity contribution in [2.24, 2.45) is 0 Å². The molecule has 0 atom stereocenters. The average Bonchev–Trinajstić information content (AvgIpc) is 2.68. The van der Waals surface area contributed by atoms with Gasteiger partial charge in [-0.15, -0.1) is 11.8 Å². The largest absolute Gasteiger partial charge is 0.341 e. The lowest BCUT2D eigenvalue weighted by Gasteiger charge is -2.40. The van der Waals surface area contributed by atoms with Gasteiger partial charge in [-0.1, -0.05) is 25.3 Å². The third kappa shape index (κ3) is 5.34. The highest BCUT2D eigenvalue weighted by atomic mass is 32.2. The molecule has 0 saturated heterocycles. The molecular weight excluding hydrogens is 379 g/mol. The number of Topliss-reactive ketones (excluding diaryl/α,β-unsaturated/α-hetero) is 1. The second-order valence-corrected chi connectivity index (χ2v) is 8.18. The third-order valence-corrected chi connectivity index (χ3v) is 6.29. The summed E-state index contributed by atoms with van der Waals surface area (Å²) in [6, 6.07) is 4.26. The number of carbonyl (C=O) groups is 3. The van der Waals surface area contributed by atoms with Crippen LogP contribution in [0.1, 0.15) is 63.2 Å². The Morgan fingerprint density at radius 3 is 2.32 bits per heavy atom. The standard InChI is InChI=1S/C21H29FN2O3S/c1-4-24(5-2)20(27)21(11-7-6-8-12-21)23-19(26)14-28-18-10-9-16(15(3)25)13-17(18)22/h9-10,13H,4-8,11-12,14H2,1-3H3,(H,23,26). The van der Waals surface area contributed by atoms with Crippen LogP contribution in [0.3, 0.4) is 0 Å². The lowest BCUT2D eigenvalue weighted by molar-refractivity contribution is -0.142. The van der Waals surface area contributed by atoms with E-state index >= 15 is 0 Å². The van der Waals surface area contributed by atoms with E-state index in [-0.39, 0.29) is 23.4 Å². The Hall–Kier alpha value is -1.89. The van der Waals surface area contributed by atoms with Crippen LogP contribution in [0.5, 0.6) is 0 Å². The summed E-state index contributed by atoms with van der Waals surface area (Å²) in [5.74, 6) is -1.00. The van der Waals surface area contributed by atoms with E-state index in [1.165, 1.54) is 19.1 Å². The highest BCUT2D eigenvalue weighted by molar-refractivity contribution is 8.00. The first-order valence-corrected chi connectivity index (χ1v) is 10.8. The van der Waals surface area contributed by atoms with Gasteiger partial charge in [-0.25, -0.2) is 4.39 Å². The van der Waals surface area contributed by atoms with E-state index in [1.54, 1.807) is 11.0 Å². The van der Waals surface area contributed by atoms with Gasteiger partial charge in [0.05, 0.1) is 5.75 Å². The number of halogens is 1. The number of thioether (sulfide) groups is 1. The highest BCUT2D eigenvalue weighted by Gasteiger charge is 2.42. The number of benzene rings is 1. The highest BCUT2D eigenvalue weighted by Crippen LogP contribution is 2.31. The van der Waals surface area contributed by atoms with Gasteiger partial charge in [0.1, 0.15) is 11.4 Å². The zero-order chi connectivity index (χ0) is 20.7. The molecule has 0 heterocycles. The number of nitrogens with zero attached hydrogens (tertiary/aromatic N) is 1. The molecular formula is C21H29FN2O3S. The molecule has 1 aromatic carbocycles. The molecule has 1 N–H and O–H groups in total. The first kappa shape index (κ1) is 22.4. The Labute approximate surface area is 170 Å². The average molecular weight is 409 g/mol. The number of likely N-dealkylation sites (N-methyl/N-ethyl adjacent to an activating group) is 1. The summed E-state index contributed by atoms with van der Waals surface area (Å²) in [6.45, 7) is 6.46. The molecule has 0 spiro atoms. The maximum atomic E-state index is 14.2. The molecule has 0 aliphatic heterocycles. The van der Waals surface area contributed by atoms with Gasteiger partial charge in [0.2, 0.25) is 11.8 Å². The predicted molar refractivity (Wildman–Crippen MR) is 109 cm³/mol. The van der Waals surface area contributed by atoms with Crippen LogP contribution in [-0.4, -0.2) is 46.9 Å². The Bertz CT molecular complexity index is 728. The second-order valence-electron chi connectivity index (χ2n) is 7.16. The van der Waals surface area contributed by atoms with Gasteiger partial charge in [0.15, 0.2) is 5.78 Å². The summed E-state index contributed by atoms with van der Waals surface area (Å²) in [5.41, 5.74) is -0.545. The van der Waals surface area contributed by atoms with Crippen LogP contribution < -0.4 is 5.32 Å². The van der Waals surface area contributed by atoms with E-state index in [1.807, 2.05) is 13.8 Å². The summed E-state index contributed by atoms with van der Waals surface area (Å²) >= 11 is 1.07. The number of amides is 2. The fraction of sp³-hybridized carbons (Fsp3) is 0.571. The van der Waals surface area contributed by atoms with Crippen molar-refractivity contribution >= 4 is 29.4 Å². The summed E-state index contributed by atoms with van der Waals surface area (Å²) < 4.78 is 14.2. The van der Waals surface area contributed by atoms with Gasteiger partial charge in [-0.2, -0.15) is 0 Å². The molecule has 0 radical (unpaired) electrons. The summed E-state index contributed by atoms with van der Waals surface area (Å²) in [7, 11) is 0. The van der Waals surface area contributed by atoms with Crippen LogP contribution >= 0.6 is 11.8 Å². The van der Waals surface area contributed by atoms with Gasteiger partial charge in [0.25, 0.3) is 0 Å². The first-order valence-electron chi connectivity index (χ1n) is 9.86. The van der Waals surface area contributed by atoms with E-state index in [0.717, 1.165) is 31.0 Å². The number of nitrogens with one attached hydrogen (secondary N) is 1. The maximum absolute atomic E-state index is 14.2. The number of hydrogen-bond acceptors (Lipinski definition) is 4. The third-order valence-electron chi connectivity index (χ3n) is 5.24. The molecule has 28 heavy (non-hydrogen) atoms. The van der Waals surface area contributed by atoms with Crippen molar-refractivity contribution in [2.45, 2.75) is 63.3 Å². The van der Waals surface area contributed by atoms with E-state index in [0.29, 0.717) is 36.4 Å². The normalized spacial score (nSPS) is 15.7. The van der Waals surface area contributed by atoms with E-state index < -0.39 is 11.4 Å². The van der Waals surface area contributed by atoms with Crippen molar-refractivity contribution in [3.63, 3.8) is 0 Å². The minimum absolute atomic E-state index is 0.0175. The van der Waals surface area contributed by atoms with Crippen LogP contribution in [0.15, 0.2) is 23.1 Å². The van der Waals surface area contributed by atoms with Gasteiger partial charge in [0, 0.05) is 23.5 Å². The van der Waals surface area contributed by atoms with Crippen molar-refractivity contribution in [2.75, 3.05) is 18.8 Å². The monoisotopic (exact) mass is 408 g/mol. The topological polar surface area (TPSA) is 66.5 Å². The van der Waals surface area contributed by atoms with E-state index in [9.17, 15) is 18.8 Å². The lowest BCUT2D eigenvalue weighted by Crippen LogP contribution is -2.60. The first-order chi connectivity index (χ1) is 13.3. The minimum Gasteiger partial charge on any atom is -0.341 e. The molecule has 2 amide bonds. The van der Waals surface area contributed by atoms with Crippen LogP contribution in [-0.2, 0) is 9.59 Å². The second kappa shape index (κ2) is 10.0. The van der Waals surface area contributed by atoms with Gasteiger partial charge >= 0.3 is 0 Å². The van der Waals surface area contributed by atoms with Crippen LogP contribution in [0, 0.1) is 5.82 Å². The molecule has 2 rings (SSSR count). The van der Waals surface area contributed by atoms with Crippen molar-refractivity contribution in [1.29, 1.82) is 0 Å². The Morgan fingerprint density at radius 1 is 1.14 bits per heavy atom. The SMILES string of the molecule is CCN(CC)C(=O)C1(NC(=O)CSc2ccc(C(C)=O)cc2F)CCCCC1. The van der Waals surface area contributed by atoms with E-state index in [4.69, 9.17) is 0 Å². The number of hydrogen-bond donors (Lipinski definition) is 1. The fourth-order valence-electron chi connectivity index (χ4n) is 3.64.